The number of furan rings is 1. The molecule has 2 nitrogen and oxygen atoms in total. The van der Waals surface area contributed by atoms with Crippen molar-refractivity contribution in [2.24, 2.45) is 0 Å². The number of hydrogen-bond acceptors (Lipinski definition) is 2. The molecule has 1 aromatic heterocycles. The minimum absolute atomic E-state index is 0.520. The van der Waals surface area contributed by atoms with E-state index in [9.17, 15) is 0 Å². The molecule has 1 N–H and O–H groups in total. The average Bonchev–Trinajstić information content (AvgIpc) is 3.00. The second kappa shape index (κ2) is 6.88. The maximum atomic E-state index is 6.16. The minimum atomic E-state index is 0.520. The van der Waals surface area contributed by atoms with Crippen molar-refractivity contribution in [1.29, 1.82) is 0 Å². The van der Waals surface area contributed by atoms with E-state index in [-0.39, 0.29) is 0 Å². The van der Waals surface area contributed by atoms with Gasteiger partial charge >= 0.3 is 0 Å². The Morgan fingerprint density at radius 1 is 0.870 bits per heavy atom. The number of nitrogens with one attached hydrogen (secondary N) is 1. The molecule has 0 unspecified atom stereocenters. The quantitative estimate of drug-likeness (QED) is 0.547. The number of rotatable bonds is 4. The first-order valence-corrected chi connectivity index (χ1v) is 8.20. The van der Waals surface area contributed by atoms with Gasteiger partial charge in [0.1, 0.15) is 11.5 Å². The molecule has 0 aliphatic heterocycles. The second-order valence-electron chi connectivity index (χ2n) is 5.21. The van der Waals surface area contributed by atoms with Gasteiger partial charge in [0.25, 0.3) is 0 Å². The molecule has 0 amide bonds. The van der Waals surface area contributed by atoms with Crippen molar-refractivity contribution in [2.45, 2.75) is 13.5 Å². The fraction of sp³-hybridized carbons (Fsp3) is 0.111. The van der Waals surface area contributed by atoms with Crippen LogP contribution in [-0.2, 0) is 6.54 Å². The van der Waals surface area contributed by atoms with E-state index in [1.807, 2.05) is 43.3 Å². The molecule has 2 aromatic carbocycles. The van der Waals surface area contributed by atoms with Crippen LogP contribution in [0.4, 0.5) is 5.69 Å². The fourth-order valence-corrected chi connectivity index (χ4v) is 2.65. The summed E-state index contributed by atoms with van der Waals surface area (Å²) < 4.78 is 5.86. The topological polar surface area (TPSA) is 25.2 Å². The number of hydrogen-bond donors (Lipinski definition) is 1. The van der Waals surface area contributed by atoms with Crippen LogP contribution in [0.1, 0.15) is 11.3 Å². The summed E-state index contributed by atoms with van der Waals surface area (Å²) in [7, 11) is 0. The number of benzene rings is 2. The van der Waals surface area contributed by atoms with E-state index in [4.69, 9.17) is 39.2 Å². The van der Waals surface area contributed by atoms with Crippen LogP contribution in [0.25, 0.3) is 11.3 Å². The van der Waals surface area contributed by atoms with Crippen LogP contribution in [0.3, 0.4) is 0 Å². The largest absolute Gasteiger partial charge is 0.459 e. The van der Waals surface area contributed by atoms with Gasteiger partial charge in [0.15, 0.2) is 0 Å². The third-order valence-electron chi connectivity index (χ3n) is 3.50. The lowest BCUT2D eigenvalue weighted by Gasteiger charge is -2.06. The molecule has 0 aliphatic rings. The normalized spacial score (nSPS) is 10.8. The van der Waals surface area contributed by atoms with Crippen molar-refractivity contribution in [3.05, 3.63) is 74.9 Å². The third-order valence-corrected chi connectivity index (χ3v) is 4.65. The summed E-state index contributed by atoms with van der Waals surface area (Å²) in [5, 5.41) is 5.04. The van der Waals surface area contributed by atoms with E-state index in [2.05, 4.69) is 5.32 Å². The van der Waals surface area contributed by atoms with Gasteiger partial charge in [0.05, 0.1) is 16.6 Å². The van der Waals surface area contributed by atoms with Gasteiger partial charge in [-0.3, -0.25) is 0 Å². The molecule has 0 saturated heterocycles. The predicted molar refractivity (Wildman–Crippen MR) is 97.7 cm³/mol. The lowest BCUT2D eigenvalue weighted by molar-refractivity contribution is 0.531. The van der Waals surface area contributed by atoms with Gasteiger partial charge in [-0.1, -0.05) is 46.9 Å². The van der Waals surface area contributed by atoms with E-state index < -0.39 is 0 Å². The van der Waals surface area contributed by atoms with Crippen LogP contribution >= 0.6 is 34.8 Å². The van der Waals surface area contributed by atoms with E-state index in [0.717, 1.165) is 33.4 Å². The van der Waals surface area contributed by atoms with Crippen LogP contribution in [0.2, 0.25) is 15.1 Å². The molecule has 0 saturated carbocycles. The highest BCUT2D eigenvalue weighted by Gasteiger charge is 2.07. The zero-order chi connectivity index (χ0) is 16.4. The molecule has 1 heterocycles. The summed E-state index contributed by atoms with van der Waals surface area (Å²) in [5.74, 6) is 1.61. The molecule has 0 fully saturated rings. The molecule has 3 rings (SSSR count). The van der Waals surface area contributed by atoms with Gasteiger partial charge in [0, 0.05) is 16.3 Å². The lowest BCUT2D eigenvalue weighted by Crippen LogP contribution is -1.97. The molecule has 3 aromatic rings. The first-order chi connectivity index (χ1) is 11.0. The van der Waals surface area contributed by atoms with Crippen molar-refractivity contribution in [2.75, 3.05) is 5.32 Å². The van der Waals surface area contributed by atoms with Crippen LogP contribution in [0.5, 0.6) is 0 Å². The summed E-state index contributed by atoms with van der Waals surface area (Å²) in [4.78, 5) is 0. The molecule has 0 aliphatic carbocycles. The summed E-state index contributed by atoms with van der Waals surface area (Å²) in [6.07, 6.45) is 0. The molecule has 23 heavy (non-hydrogen) atoms. The SMILES string of the molecule is Cc1ccc(-c2ccc(CNc3ccc(Cl)c(Cl)c3)o2)cc1Cl. The van der Waals surface area contributed by atoms with Crippen molar-refractivity contribution in [1.82, 2.24) is 0 Å². The smallest absolute Gasteiger partial charge is 0.134 e. The zero-order valence-electron chi connectivity index (χ0n) is 12.4. The van der Waals surface area contributed by atoms with Crippen molar-refractivity contribution >= 4 is 40.5 Å². The summed E-state index contributed by atoms with van der Waals surface area (Å²) >= 11 is 18.1. The van der Waals surface area contributed by atoms with Gasteiger partial charge in [-0.15, -0.1) is 0 Å². The zero-order valence-corrected chi connectivity index (χ0v) is 14.6. The molecular weight excluding hydrogens is 353 g/mol. The summed E-state index contributed by atoms with van der Waals surface area (Å²) in [5.41, 5.74) is 2.89. The van der Waals surface area contributed by atoms with Crippen molar-refractivity contribution < 1.29 is 4.42 Å². The fourth-order valence-electron chi connectivity index (χ4n) is 2.17. The lowest BCUT2D eigenvalue weighted by atomic mass is 10.1. The Bertz CT molecular complexity index is 842. The van der Waals surface area contributed by atoms with Gasteiger partial charge in [-0.2, -0.15) is 0 Å². The Balaban J connectivity index is 1.71. The number of halogens is 3. The Morgan fingerprint density at radius 2 is 1.70 bits per heavy atom. The molecule has 118 valence electrons. The first kappa shape index (κ1) is 16.3. The van der Waals surface area contributed by atoms with Crippen molar-refractivity contribution in [3.63, 3.8) is 0 Å². The molecule has 0 spiro atoms. The molecular formula is C18H14Cl3NO. The number of anilines is 1. The van der Waals surface area contributed by atoms with Crippen LogP contribution < -0.4 is 5.32 Å². The van der Waals surface area contributed by atoms with Gasteiger partial charge < -0.3 is 9.73 Å². The van der Waals surface area contributed by atoms with Crippen LogP contribution in [-0.4, -0.2) is 0 Å². The molecule has 0 radical (unpaired) electrons. The third kappa shape index (κ3) is 3.84. The summed E-state index contributed by atoms with van der Waals surface area (Å²) in [6.45, 7) is 2.53. The highest BCUT2D eigenvalue weighted by molar-refractivity contribution is 6.42. The van der Waals surface area contributed by atoms with Crippen LogP contribution in [0.15, 0.2) is 52.9 Å². The van der Waals surface area contributed by atoms with Crippen LogP contribution in [0, 0.1) is 6.92 Å². The maximum absolute atomic E-state index is 6.16. The highest BCUT2D eigenvalue weighted by atomic mass is 35.5. The molecule has 5 heteroatoms. The van der Waals surface area contributed by atoms with E-state index in [0.29, 0.717) is 16.6 Å². The van der Waals surface area contributed by atoms with E-state index >= 15 is 0 Å². The van der Waals surface area contributed by atoms with E-state index in [1.165, 1.54) is 0 Å². The molecule has 0 atom stereocenters. The minimum Gasteiger partial charge on any atom is -0.459 e. The van der Waals surface area contributed by atoms with Gasteiger partial charge in [-0.25, -0.2) is 0 Å². The number of aryl methyl sites for hydroxylation is 1. The Kier molecular flexibility index (Phi) is 4.86. The maximum Gasteiger partial charge on any atom is 0.134 e. The Morgan fingerprint density at radius 3 is 2.43 bits per heavy atom. The predicted octanol–water partition coefficient (Wildman–Crippen LogP) is 6.83. The van der Waals surface area contributed by atoms with Crippen molar-refractivity contribution in [3.8, 4) is 11.3 Å². The summed E-state index contributed by atoms with van der Waals surface area (Å²) in [6, 6.07) is 15.2. The highest BCUT2D eigenvalue weighted by Crippen LogP contribution is 2.28. The standard InChI is InChI=1S/C18H14Cl3NO/c1-11-2-3-12(8-16(11)20)18-7-5-14(23-18)10-22-13-4-6-15(19)17(21)9-13/h2-9,22H,10H2,1H3. The second-order valence-corrected chi connectivity index (χ2v) is 6.43. The monoisotopic (exact) mass is 365 g/mol. The Hall–Kier alpha value is -1.61. The molecule has 0 bridgehead atoms. The Labute approximate surface area is 150 Å². The van der Waals surface area contributed by atoms with E-state index in [1.54, 1.807) is 12.1 Å². The van der Waals surface area contributed by atoms with Gasteiger partial charge in [-0.05, 0) is 48.9 Å². The average molecular weight is 367 g/mol. The first-order valence-electron chi connectivity index (χ1n) is 7.07. The van der Waals surface area contributed by atoms with Gasteiger partial charge in [0.2, 0.25) is 0 Å².